The monoisotopic (exact) mass is 374 g/mol. The Hall–Kier alpha value is -2.35. The van der Waals surface area contributed by atoms with Crippen LogP contribution in [-0.4, -0.2) is 57.9 Å². The van der Waals surface area contributed by atoms with Gasteiger partial charge in [0.25, 0.3) is 5.91 Å². The Morgan fingerprint density at radius 1 is 1.31 bits per heavy atom. The van der Waals surface area contributed by atoms with Gasteiger partial charge in [0.15, 0.2) is 23.9 Å². The van der Waals surface area contributed by atoms with Gasteiger partial charge >= 0.3 is 0 Å². The summed E-state index contributed by atoms with van der Waals surface area (Å²) in [6.45, 7) is 6.98. The molecule has 0 atom stereocenters. The van der Waals surface area contributed by atoms with Crippen molar-refractivity contribution in [3.63, 3.8) is 0 Å². The lowest BCUT2D eigenvalue weighted by Gasteiger charge is -2.34. The smallest absolute Gasteiger partial charge is 0.260 e. The van der Waals surface area contributed by atoms with Gasteiger partial charge in [0.05, 0.1) is 17.9 Å². The molecular weight excluding hydrogens is 352 g/mol. The molecule has 0 spiro atoms. The van der Waals surface area contributed by atoms with E-state index in [-0.39, 0.29) is 18.1 Å². The maximum absolute atomic E-state index is 12.5. The van der Waals surface area contributed by atoms with Crippen molar-refractivity contribution in [2.24, 2.45) is 0 Å². The summed E-state index contributed by atoms with van der Waals surface area (Å²) in [5.74, 6) is 2.30. The van der Waals surface area contributed by atoms with Crippen molar-refractivity contribution in [1.82, 2.24) is 13.6 Å². The molecule has 1 saturated heterocycles. The van der Waals surface area contributed by atoms with Gasteiger partial charge in [-0.05, 0) is 19.9 Å². The molecule has 7 nitrogen and oxygen atoms in total. The Kier molecular flexibility index (Phi) is 4.44. The van der Waals surface area contributed by atoms with Gasteiger partial charge < -0.3 is 19.3 Å². The SMILES string of the molecule is CC1(C)Cc2cccc(OCC(=O)N3CCN(c4cnsn4)CC3)c2O1. The van der Waals surface area contributed by atoms with Crippen LogP contribution < -0.4 is 14.4 Å². The summed E-state index contributed by atoms with van der Waals surface area (Å²) in [4.78, 5) is 16.5. The van der Waals surface area contributed by atoms with E-state index in [2.05, 4.69) is 27.5 Å². The van der Waals surface area contributed by atoms with E-state index >= 15 is 0 Å². The lowest BCUT2D eigenvalue weighted by molar-refractivity contribution is -0.133. The molecule has 8 heteroatoms. The van der Waals surface area contributed by atoms with Gasteiger partial charge in [0.1, 0.15) is 5.60 Å². The number of carbonyl (C=O) groups excluding carboxylic acids is 1. The Morgan fingerprint density at radius 2 is 2.12 bits per heavy atom. The molecule has 26 heavy (non-hydrogen) atoms. The van der Waals surface area contributed by atoms with E-state index in [9.17, 15) is 4.79 Å². The van der Waals surface area contributed by atoms with Gasteiger partial charge in [-0.15, -0.1) is 0 Å². The molecule has 4 rings (SSSR count). The fourth-order valence-corrected chi connectivity index (χ4v) is 3.85. The van der Waals surface area contributed by atoms with Crippen LogP contribution in [0.1, 0.15) is 19.4 Å². The first kappa shape index (κ1) is 17.1. The number of rotatable bonds is 4. The molecular formula is C18H22N4O3S. The zero-order valence-corrected chi connectivity index (χ0v) is 15.8. The Morgan fingerprint density at radius 3 is 2.85 bits per heavy atom. The molecule has 0 bridgehead atoms. The molecule has 3 heterocycles. The van der Waals surface area contributed by atoms with Gasteiger partial charge in [-0.2, -0.15) is 8.75 Å². The largest absolute Gasteiger partial charge is 0.483 e. The lowest BCUT2D eigenvalue weighted by Crippen LogP contribution is -2.50. The standard InChI is InChI=1S/C18H22N4O3S/c1-18(2)10-13-4-3-5-14(17(13)25-18)24-12-16(23)22-8-6-21(7-9-22)15-11-19-26-20-15/h3-5,11H,6-10,12H2,1-2H3. The molecule has 0 radical (unpaired) electrons. The van der Waals surface area contributed by atoms with Gasteiger partial charge in [0.2, 0.25) is 0 Å². The summed E-state index contributed by atoms with van der Waals surface area (Å²) < 4.78 is 20.1. The molecule has 0 N–H and O–H groups in total. The number of carbonyl (C=O) groups is 1. The lowest BCUT2D eigenvalue weighted by atomic mass is 10.0. The topological polar surface area (TPSA) is 67.8 Å². The van der Waals surface area contributed by atoms with Crippen LogP contribution in [0.2, 0.25) is 0 Å². The van der Waals surface area contributed by atoms with E-state index < -0.39 is 0 Å². The van der Waals surface area contributed by atoms with Crippen LogP contribution in [0.25, 0.3) is 0 Å². The zero-order valence-electron chi connectivity index (χ0n) is 15.0. The number of piperazine rings is 1. The molecule has 1 aromatic heterocycles. The third kappa shape index (κ3) is 3.46. The molecule has 0 unspecified atom stereocenters. The van der Waals surface area contributed by atoms with E-state index in [4.69, 9.17) is 9.47 Å². The summed E-state index contributed by atoms with van der Waals surface area (Å²) >= 11 is 1.20. The summed E-state index contributed by atoms with van der Waals surface area (Å²) in [5, 5.41) is 0. The zero-order chi connectivity index (χ0) is 18.1. The average Bonchev–Trinajstić information content (AvgIpc) is 3.26. The molecule has 138 valence electrons. The Bertz CT molecular complexity index is 786. The first-order valence-electron chi connectivity index (χ1n) is 8.76. The van der Waals surface area contributed by atoms with Crippen molar-refractivity contribution in [2.45, 2.75) is 25.9 Å². The predicted octanol–water partition coefficient (Wildman–Crippen LogP) is 1.98. The van der Waals surface area contributed by atoms with Crippen molar-refractivity contribution in [1.29, 1.82) is 0 Å². The number of benzene rings is 1. The summed E-state index contributed by atoms with van der Waals surface area (Å²) in [5.41, 5.74) is 0.901. The first-order chi connectivity index (χ1) is 12.5. The fraction of sp³-hybridized carbons (Fsp3) is 0.500. The predicted molar refractivity (Wildman–Crippen MR) is 99.1 cm³/mol. The molecule has 1 fully saturated rings. The Balaban J connectivity index is 1.32. The second-order valence-corrected chi connectivity index (χ2v) is 7.76. The third-order valence-corrected chi connectivity index (χ3v) is 5.18. The van der Waals surface area contributed by atoms with E-state index in [1.807, 2.05) is 23.1 Å². The quantitative estimate of drug-likeness (QED) is 0.815. The number of ether oxygens (including phenoxy) is 2. The normalized spacial score (nSPS) is 18.4. The van der Waals surface area contributed by atoms with Crippen LogP contribution in [0, 0.1) is 0 Å². The molecule has 2 aromatic rings. The number of anilines is 1. The van der Waals surface area contributed by atoms with Crippen molar-refractivity contribution < 1.29 is 14.3 Å². The number of para-hydroxylation sites is 1. The summed E-state index contributed by atoms with van der Waals surface area (Å²) in [6, 6.07) is 5.86. The highest BCUT2D eigenvalue weighted by molar-refractivity contribution is 6.99. The number of hydrogen-bond acceptors (Lipinski definition) is 7. The van der Waals surface area contributed by atoms with Crippen LogP contribution >= 0.6 is 11.7 Å². The average molecular weight is 374 g/mol. The van der Waals surface area contributed by atoms with Crippen LogP contribution in [0.15, 0.2) is 24.4 Å². The maximum Gasteiger partial charge on any atom is 0.260 e. The van der Waals surface area contributed by atoms with E-state index in [0.29, 0.717) is 18.8 Å². The number of fused-ring (bicyclic) bond motifs is 1. The van der Waals surface area contributed by atoms with Gasteiger partial charge in [-0.3, -0.25) is 4.79 Å². The van der Waals surface area contributed by atoms with Crippen molar-refractivity contribution in [3.8, 4) is 11.5 Å². The number of amides is 1. The van der Waals surface area contributed by atoms with Gasteiger partial charge in [-0.1, -0.05) is 12.1 Å². The minimum Gasteiger partial charge on any atom is -0.483 e. The second kappa shape index (κ2) is 6.75. The van der Waals surface area contributed by atoms with Crippen LogP contribution in [-0.2, 0) is 11.2 Å². The maximum atomic E-state index is 12.5. The van der Waals surface area contributed by atoms with E-state index in [1.54, 1.807) is 6.20 Å². The Labute approximate surface area is 156 Å². The van der Waals surface area contributed by atoms with E-state index in [0.717, 1.165) is 36.6 Å². The van der Waals surface area contributed by atoms with Crippen LogP contribution in [0.4, 0.5) is 5.82 Å². The molecule has 1 aromatic carbocycles. The summed E-state index contributed by atoms with van der Waals surface area (Å²) in [6.07, 6.45) is 2.61. The number of aromatic nitrogens is 2. The molecule has 0 aliphatic carbocycles. The van der Waals surface area contributed by atoms with Crippen molar-refractivity contribution in [2.75, 3.05) is 37.7 Å². The number of hydrogen-bond donors (Lipinski definition) is 0. The first-order valence-corrected chi connectivity index (χ1v) is 9.49. The molecule has 0 saturated carbocycles. The highest BCUT2D eigenvalue weighted by atomic mass is 32.1. The third-order valence-electron chi connectivity index (χ3n) is 4.71. The molecule has 2 aliphatic rings. The number of nitrogens with zero attached hydrogens (tertiary/aromatic N) is 4. The van der Waals surface area contributed by atoms with E-state index in [1.165, 1.54) is 11.7 Å². The van der Waals surface area contributed by atoms with Gasteiger partial charge in [0, 0.05) is 38.2 Å². The van der Waals surface area contributed by atoms with Crippen molar-refractivity contribution in [3.05, 3.63) is 30.0 Å². The fourth-order valence-electron chi connectivity index (χ4n) is 3.42. The summed E-state index contributed by atoms with van der Waals surface area (Å²) in [7, 11) is 0. The minimum atomic E-state index is -0.229. The van der Waals surface area contributed by atoms with Crippen LogP contribution in [0.5, 0.6) is 11.5 Å². The highest BCUT2D eigenvalue weighted by Crippen LogP contribution is 2.41. The minimum absolute atomic E-state index is 0.00378. The second-order valence-electron chi connectivity index (χ2n) is 7.21. The van der Waals surface area contributed by atoms with Gasteiger partial charge in [-0.25, -0.2) is 0 Å². The highest BCUT2D eigenvalue weighted by Gasteiger charge is 2.32. The van der Waals surface area contributed by atoms with Crippen molar-refractivity contribution >= 4 is 23.5 Å². The van der Waals surface area contributed by atoms with Crippen LogP contribution in [0.3, 0.4) is 0 Å². The molecule has 2 aliphatic heterocycles. The molecule has 1 amide bonds.